The van der Waals surface area contributed by atoms with Gasteiger partial charge in [0.1, 0.15) is 5.75 Å². The normalized spacial score (nSPS) is 11.2. The van der Waals surface area contributed by atoms with Gasteiger partial charge in [-0.25, -0.2) is 4.79 Å². The molecule has 3 rings (SSSR count). The van der Waals surface area contributed by atoms with Crippen molar-refractivity contribution in [2.45, 2.75) is 124 Å². The lowest BCUT2D eigenvalue weighted by Crippen LogP contribution is -3.00. The van der Waals surface area contributed by atoms with Crippen LogP contribution in [0.5, 0.6) is 5.75 Å². The highest BCUT2D eigenvalue weighted by molar-refractivity contribution is 7.07. The minimum atomic E-state index is -0.271. The van der Waals surface area contributed by atoms with Gasteiger partial charge < -0.3 is 32.4 Å². The number of carbonyl (C=O) groups is 1. The van der Waals surface area contributed by atoms with Crippen LogP contribution in [0.4, 0.5) is 16.2 Å². The Morgan fingerprint density at radius 2 is 1.49 bits per heavy atom. The Hall–Kier alpha value is -2.38. The zero-order valence-electron chi connectivity index (χ0n) is 27.1. The van der Waals surface area contributed by atoms with E-state index in [4.69, 9.17) is 4.74 Å². The number of amides is 2. The molecule has 0 saturated carbocycles. The summed E-state index contributed by atoms with van der Waals surface area (Å²) >= 11 is 1.69. The van der Waals surface area contributed by atoms with E-state index in [-0.39, 0.29) is 28.4 Å². The van der Waals surface area contributed by atoms with E-state index < -0.39 is 0 Å². The second kappa shape index (κ2) is 19.8. The first-order valence-corrected chi connectivity index (χ1v) is 17.1. The van der Waals surface area contributed by atoms with E-state index in [0.717, 1.165) is 35.5 Å². The number of nitrogens with zero attached hydrogens (tertiary/aromatic N) is 1. The summed E-state index contributed by atoms with van der Waals surface area (Å²) in [5.74, 6) is 0.779. The molecule has 1 heterocycles. The number of thiazole rings is 1. The zero-order chi connectivity index (χ0) is 30.2. The SMILES string of the molecule is CCCCCCCCCCCCCCOc1c(NC(=O)Nc2cccc(C[n+]3cscc3C)c2)cccc1C(C)(C)C.[Br-]. The van der Waals surface area contributed by atoms with Gasteiger partial charge in [0, 0.05) is 23.7 Å². The molecule has 0 atom stereocenters. The van der Waals surface area contributed by atoms with E-state index in [1.165, 1.54) is 76.3 Å². The summed E-state index contributed by atoms with van der Waals surface area (Å²) in [5, 5.41) is 8.22. The van der Waals surface area contributed by atoms with Crippen molar-refractivity contribution < 1.29 is 31.1 Å². The summed E-state index contributed by atoms with van der Waals surface area (Å²) < 4.78 is 8.59. The lowest BCUT2D eigenvalue weighted by molar-refractivity contribution is -0.689. The van der Waals surface area contributed by atoms with Crippen molar-refractivity contribution in [3.8, 4) is 5.75 Å². The fourth-order valence-electron chi connectivity index (χ4n) is 5.24. The summed E-state index contributed by atoms with van der Waals surface area (Å²) in [6.45, 7) is 12.4. The quantitative estimate of drug-likeness (QED) is 0.109. The van der Waals surface area contributed by atoms with Crippen molar-refractivity contribution in [1.29, 1.82) is 0 Å². The lowest BCUT2D eigenvalue weighted by atomic mass is 9.86. The highest BCUT2D eigenvalue weighted by atomic mass is 79.9. The maximum Gasteiger partial charge on any atom is 0.323 e. The molecular formula is C36H54BrN3O2S. The van der Waals surface area contributed by atoms with Crippen LogP contribution >= 0.6 is 11.3 Å². The van der Waals surface area contributed by atoms with Crippen LogP contribution in [-0.2, 0) is 12.0 Å². The van der Waals surface area contributed by atoms with E-state index in [1.807, 2.05) is 30.3 Å². The van der Waals surface area contributed by atoms with Gasteiger partial charge in [-0.15, -0.1) is 0 Å². The van der Waals surface area contributed by atoms with Crippen LogP contribution in [0, 0.1) is 6.92 Å². The number of aromatic nitrogens is 1. The van der Waals surface area contributed by atoms with Crippen LogP contribution in [0.25, 0.3) is 0 Å². The first kappa shape index (κ1) is 36.8. The number of urea groups is 1. The second-order valence-corrected chi connectivity index (χ2v) is 13.3. The molecule has 5 nitrogen and oxygen atoms in total. The van der Waals surface area contributed by atoms with Gasteiger partial charge in [0.15, 0.2) is 12.2 Å². The van der Waals surface area contributed by atoms with Gasteiger partial charge in [-0.3, -0.25) is 0 Å². The number of hydrogen-bond acceptors (Lipinski definition) is 3. The smallest absolute Gasteiger partial charge is 0.323 e. The number of hydrogen-bond donors (Lipinski definition) is 2. The number of nitrogens with one attached hydrogen (secondary N) is 2. The monoisotopic (exact) mass is 671 g/mol. The van der Waals surface area contributed by atoms with Gasteiger partial charge in [0.05, 0.1) is 17.7 Å². The van der Waals surface area contributed by atoms with Gasteiger partial charge in [0.25, 0.3) is 0 Å². The zero-order valence-corrected chi connectivity index (χ0v) is 29.5. The lowest BCUT2D eigenvalue weighted by Gasteiger charge is -2.25. The molecule has 0 fully saturated rings. The molecule has 3 aromatic rings. The Morgan fingerprint density at radius 1 is 0.860 bits per heavy atom. The Balaban J connectivity index is 0.00000645. The number of para-hydroxylation sites is 1. The average molecular weight is 673 g/mol. The van der Waals surface area contributed by atoms with Crippen LogP contribution in [0.1, 0.15) is 122 Å². The number of carbonyl (C=O) groups excluding carboxylic acids is 1. The number of benzene rings is 2. The van der Waals surface area contributed by atoms with Crippen molar-refractivity contribution >= 4 is 28.7 Å². The molecule has 2 N–H and O–H groups in total. The minimum absolute atomic E-state index is 0. The van der Waals surface area contributed by atoms with Crippen molar-refractivity contribution in [1.82, 2.24) is 0 Å². The predicted octanol–water partition coefficient (Wildman–Crippen LogP) is 7.42. The van der Waals surface area contributed by atoms with Crippen LogP contribution in [0.3, 0.4) is 0 Å². The molecule has 1 aromatic heterocycles. The second-order valence-electron chi connectivity index (χ2n) is 12.6. The first-order chi connectivity index (χ1) is 20.3. The van der Waals surface area contributed by atoms with Crippen molar-refractivity contribution in [2.75, 3.05) is 17.2 Å². The number of ether oxygens (including phenoxy) is 1. The maximum atomic E-state index is 13.1. The summed E-state index contributed by atoms with van der Waals surface area (Å²) in [5.41, 5.74) is 6.95. The number of rotatable bonds is 18. The summed E-state index contributed by atoms with van der Waals surface area (Å²) in [6.07, 6.45) is 15.8. The highest BCUT2D eigenvalue weighted by Gasteiger charge is 2.22. The molecule has 238 valence electrons. The third-order valence-corrected chi connectivity index (χ3v) is 8.59. The fourth-order valence-corrected chi connectivity index (χ4v) is 6.02. The van der Waals surface area contributed by atoms with Crippen molar-refractivity contribution in [3.05, 3.63) is 70.2 Å². The molecule has 0 aliphatic carbocycles. The molecular weight excluding hydrogens is 618 g/mol. The highest BCUT2D eigenvalue weighted by Crippen LogP contribution is 2.37. The molecule has 0 unspecified atom stereocenters. The molecule has 0 spiro atoms. The number of halogens is 1. The van der Waals surface area contributed by atoms with Gasteiger partial charge in [-0.2, -0.15) is 4.57 Å². The summed E-state index contributed by atoms with van der Waals surface area (Å²) in [4.78, 5) is 13.1. The van der Waals surface area contributed by atoms with Gasteiger partial charge >= 0.3 is 6.03 Å². The van der Waals surface area contributed by atoms with E-state index in [9.17, 15) is 4.79 Å². The molecule has 0 saturated heterocycles. The van der Waals surface area contributed by atoms with Gasteiger partial charge in [-0.1, -0.05) is 134 Å². The Morgan fingerprint density at radius 3 is 2.09 bits per heavy atom. The maximum absolute atomic E-state index is 13.1. The number of aryl methyl sites for hydroxylation is 1. The van der Waals surface area contributed by atoms with Gasteiger partial charge in [0.2, 0.25) is 5.51 Å². The molecule has 2 aromatic carbocycles. The van der Waals surface area contributed by atoms with E-state index in [1.54, 1.807) is 11.3 Å². The molecule has 0 aliphatic heterocycles. The molecule has 43 heavy (non-hydrogen) atoms. The van der Waals surface area contributed by atoms with Crippen molar-refractivity contribution in [2.24, 2.45) is 0 Å². The minimum Gasteiger partial charge on any atom is -1.00 e. The topological polar surface area (TPSA) is 54.2 Å². The van der Waals surface area contributed by atoms with E-state index in [2.05, 4.69) is 72.8 Å². The first-order valence-electron chi connectivity index (χ1n) is 16.1. The van der Waals surface area contributed by atoms with Crippen LogP contribution in [0.15, 0.2) is 53.4 Å². The molecule has 2 amide bonds. The van der Waals surface area contributed by atoms with Crippen LogP contribution in [-0.4, -0.2) is 12.6 Å². The van der Waals surface area contributed by atoms with Gasteiger partial charge in [-0.05, 0) is 30.0 Å². The summed E-state index contributed by atoms with van der Waals surface area (Å²) in [7, 11) is 0. The molecule has 0 radical (unpaired) electrons. The van der Waals surface area contributed by atoms with Crippen molar-refractivity contribution in [3.63, 3.8) is 0 Å². The van der Waals surface area contributed by atoms with Crippen LogP contribution in [0.2, 0.25) is 0 Å². The summed E-state index contributed by atoms with van der Waals surface area (Å²) in [6, 6.07) is 13.8. The number of anilines is 2. The Kier molecular flexibility index (Phi) is 17.0. The molecule has 0 bridgehead atoms. The number of unbranched alkanes of at least 4 members (excludes halogenated alkanes) is 11. The molecule has 7 heteroatoms. The third-order valence-electron chi connectivity index (χ3n) is 7.73. The molecule has 0 aliphatic rings. The Bertz CT molecular complexity index is 1220. The predicted molar refractivity (Wildman–Crippen MR) is 179 cm³/mol. The fraction of sp³-hybridized carbons (Fsp3) is 0.556. The largest absolute Gasteiger partial charge is 1.00 e. The standard InChI is InChI=1S/C36H53N3O2S.BrH/c1-6-7-8-9-10-11-12-13-14-15-16-17-24-41-34-32(36(3,4)5)22-19-23-33(34)38-35(40)37-31-21-18-20-30(25-31)26-39-28-42-27-29(39)2;/h18-23,25,27-28H,6-17,24,26H2,1-5H3,(H-,37,38,40);1H. The Labute approximate surface area is 275 Å². The van der Waals surface area contributed by atoms with E-state index in [0.29, 0.717) is 12.3 Å². The van der Waals surface area contributed by atoms with E-state index >= 15 is 0 Å². The van der Waals surface area contributed by atoms with Crippen LogP contribution < -0.4 is 36.9 Å². The average Bonchev–Trinajstić information content (AvgIpc) is 3.35. The third kappa shape index (κ3) is 13.4.